The van der Waals surface area contributed by atoms with E-state index in [-0.39, 0.29) is 11.2 Å². The molecule has 0 aliphatic rings. The van der Waals surface area contributed by atoms with E-state index in [1.54, 1.807) is 18.8 Å². The molecule has 0 aliphatic carbocycles. The van der Waals surface area contributed by atoms with Crippen molar-refractivity contribution >= 4 is 17.7 Å². The summed E-state index contributed by atoms with van der Waals surface area (Å²) >= 11 is 1.70. The Morgan fingerprint density at radius 3 is 2.56 bits per heavy atom. The number of hydrogen-bond donors (Lipinski definition) is 1. The van der Waals surface area contributed by atoms with Crippen molar-refractivity contribution in [1.29, 1.82) is 0 Å². The molecule has 0 radical (unpaired) electrons. The molecule has 0 saturated heterocycles. The summed E-state index contributed by atoms with van der Waals surface area (Å²) in [6, 6.07) is 8.56. The van der Waals surface area contributed by atoms with Crippen LogP contribution in [0.5, 0.6) is 0 Å². The normalized spacial score (nSPS) is 12.2. The van der Waals surface area contributed by atoms with Gasteiger partial charge < -0.3 is 5.32 Å². The second-order valence-electron chi connectivity index (χ2n) is 3.86. The fourth-order valence-electron chi connectivity index (χ4n) is 1.39. The van der Waals surface area contributed by atoms with Crippen molar-refractivity contribution in [2.24, 2.45) is 0 Å². The molecule has 1 unspecified atom stereocenters. The Labute approximate surface area is 102 Å². The van der Waals surface area contributed by atoms with Crippen molar-refractivity contribution in [3.8, 4) is 0 Å². The Kier molecular flexibility index (Phi) is 5.39. The van der Waals surface area contributed by atoms with Gasteiger partial charge in [0.15, 0.2) is 0 Å². The lowest BCUT2D eigenvalue weighted by Gasteiger charge is -2.09. The van der Waals surface area contributed by atoms with E-state index in [4.69, 9.17) is 0 Å². The Morgan fingerprint density at radius 1 is 1.38 bits per heavy atom. The summed E-state index contributed by atoms with van der Waals surface area (Å²) in [6.07, 6.45) is 1.02. The van der Waals surface area contributed by atoms with E-state index in [2.05, 4.69) is 36.5 Å². The molecule has 16 heavy (non-hydrogen) atoms. The molecule has 1 atom stereocenters. The van der Waals surface area contributed by atoms with Crippen molar-refractivity contribution in [1.82, 2.24) is 5.32 Å². The second-order valence-corrected chi connectivity index (χ2v) is 5.31. The van der Waals surface area contributed by atoms with Crippen molar-refractivity contribution in [2.75, 3.05) is 12.8 Å². The highest BCUT2D eigenvalue weighted by Crippen LogP contribution is 2.13. The van der Waals surface area contributed by atoms with Crippen LogP contribution in [0.2, 0.25) is 0 Å². The first-order valence-electron chi connectivity index (χ1n) is 5.52. The molecule has 0 fully saturated rings. The minimum atomic E-state index is 0.0375. The lowest BCUT2D eigenvalue weighted by Crippen LogP contribution is -2.27. The fourth-order valence-corrected chi connectivity index (χ4v) is 2.36. The maximum Gasteiger partial charge on any atom is 0.232 e. The number of benzene rings is 1. The van der Waals surface area contributed by atoms with Crippen LogP contribution in [0, 0.1) is 6.92 Å². The maximum atomic E-state index is 11.3. The summed E-state index contributed by atoms with van der Waals surface area (Å²) in [6.45, 7) is 4.03. The predicted octanol–water partition coefficient (Wildman–Crippen LogP) is 2.41. The van der Waals surface area contributed by atoms with Gasteiger partial charge >= 0.3 is 0 Å². The Hall–Kier alpha value is -0.960. The van der Waals surface area contributed by atoms with Gasteiger partial charge in [-0.1, -0.05) is 29.8 Å². The van der Waals surface area contributed by atoms with Gasteiger partial charge in [-0.15, -0.1) is 11.8 Å². The molecule has 1 amide bonds. The molecule has 0 saturated carbocycles. The number of rotatable bonds is 5. The van der Waals surface area contributed by atoms with Crippen LogP contribution in [0.1, 0.15) is 18.1 Å². The van der Waals surface area contributed by atoms with Crippen LogP contribution < -0.4 is 5.32 Å². The number of hydrogen-bond acceptors (Lipinski definition) is 2. The molecule has 0 heterocycles. The van der Waals surface area contributed by atoms with Gasteiger partial charge in [0.2, 0.25) is 5.91 Å². The van der Waals surface area contributed by atoms with Crippen LogP contribution in [0.4, 0.5) is 0 Å². The second kappa shape index (κ2) is 6.59. The van der Waals surface area contributed by atoms with Crippen LogP contribution in [-0.2, 0) is 11.2 Å². The highest BCUT2D eigenvalue weighted by molar-refractivity contribution is 8.00. The molecular formula is C13H19NOS. The van der Waals surface area contributed by atoms with Crippen LogP contribution in [0.15, 0.2) is 24.3 Å². The van der Waals surface area contributed by atoms with Gasteiger partial charge in [-0.3, -0.25) is 4.79 Å². The van der Waals surface area contributed by atoms with Crippen molar-refractivity contribution < 1.29 is 4.79 Å². The highest BCUT2D eigenvalue weighted by atomic mass is 32.2. The van der Waals surface area contributed by atoms with E-state index >= 15 is 0 Å². The van der Waals surface area contributed by atoms with Gasteiger partial charge in [0.05, 0.1) is 5.25 Å². The minimum Gasteiger partial charge on any atom is -0.358 e. The number of aryl methyl sites for hydroxylation is 2. The van der Waals surface area contributed by atoms with E-state index in [9.17, 15) is 4.79 Å². The average Bonchev–Trinajstić information content (AvgIpc) is 2.30. The largest absolute Gasteiger partial charge is 0.358 e. The standard InChI is InChI=1S/C13H19NOS/c1-10-4-6-12(7-5-10)8-9-16-11(2)13(15)14-3/h4-7,11H,8-9H2,1-3H3,(H,14,15). The number of carbonyl (C=O) groups excluding carboxylic acids is 1. The summed E-state index contributed by atoms with van der Waals surface area (Å²) in [7, 11) is 1.68. The molecular weight excluding hydrogens is 218 g/mol. The summed E-state index contributed by atoms with van der Waals surface area (Å²) in [5.41, 5.74) is 2.62. The number of amides is 1. The summed E-state index contributed by atoms with van der Waals surface area (Å²) < 4.78 is 0. The zero-order valence-electron chi connectivity index (χ0n) is 10.1. The van der Waals surface area contributed by atoms with E-state index in [1.165, 1.54) is 11.1 Å². The molecule has 2 nitrogen and oxygen atoms in total. The minimum absolute atomic E-state index is 0.0375. The molecule has 0 bridgehead atoms. The van der Waals surface area contributed by atoms with E-state index in [0.717, 1.165) is 12.2 Å². The third-order valence-electron chi connectivity index (χ3n) is 2.49. The smallest absolute Gasteiger partial charge is 0.232 e. The van der Waals surface area contributed by atoms with Gasteiger partial charge in [0, 0.05) is 7.05 Å². The maximum absolute atomic E-state index is 11.3. The van der Waals surface area contributed by atoms with Crippen molar-refractivity contribution in [2.45, 2.75) is 25.5 Å². The Bertz CT molecular complexity index is 334. The lowest BCUT2D eigenvalue weighted by molar-refractivity contribution is -0.119. The number of carbonyl (C=O) groups is 1. The SMILES string of the molecule is CNC(=O)C(C)SCCc1ccc(C)cc1. The molecule has 0 aliphatic heterocycles. The van der Waals surface area contributed by atoms with Crippen molar-refractivity contribution in [3.05, 3.63) is 35.4 Å². The number of nitrogens with one attached hydrogen (secondary N) is 1. The van der Waals surface area contributed by atoms with Gasteiger partial charge in [-0.05, 0) is 31.6 Å². The van der Waals surface area contributed by atoms with E-state index in [1.807, 2.05) is 6.92 Å². The van der Waals surface area contributed by atoms with Gasteiger partial charge in [-0.25, -0.2) is 0 Å². The zero-order chi connectivity index (χ0) is 12.0. The molecule has 1 aromatic carbocycles. The molecule has 1 rings (SSSR count). The first kappa shape index (κ1) is 13.1. The predicted molar refractivity (Wildman–Crippen MR) is 70.9 cm³/mol. The molecule has 1 N–H and O–H groups in total. The summed E-state index contributed by atoms with van der Waals surface area (Å²) in [4.78, 5) is 11.3. The van der Waals surface area contributed by atoms with Crippen molar-refractivity contribution in [3.63, 3.8) is 0 Å². The Balaban J connectivity index is 2.30. The first-order chi connectivity index (χ1) is 7.63. The lowest BCUT2D eigenvalue weighted by atomic mass is 10.1. The molecule has 3 heteroatoms. The number of thioether (sulfide) groups is 1. The van der Waals surface area contributed by atoms with Crippen LogP contribution in [0.3, 0.4) is 0 Å². The van der Waals surface area contributed by atoms with Gasteiger partial charge in [0.1, 0.15) is 0 Å². The molecule has 0 spiro atoms. The topological polar surface area (TPSA) is 29.1 Å². The van der Waals surface area contributed by atoms with Crippen LogP contribution >= 0.6 is 11.8 Å². The van der Waals surface area contributed by atoms with E-state index < -0.39 is 0 Å². The molecule has 88 valence electrons. The average molecular weight is 237 g/mol. The monoisotopic (exact) mass is 237 g/mol. The fraction of sp³-hybridized carbons (Fsp3) is 0.462. The van der Waals surface area contributed by atoms with Gasteiger partial charge in [-0.2, -0.15) is 0 Å². The Morgan fingerprint density at radius 2 is 2.00 bits per heavy atom. The third-order valence-corrected chi connectivity index (χ3v) is 3.65. The molecule has 1 aromatic rings. The molecule has 0 aromatic heterocycles. The van der Waals surface area contributed by atoms with E-state index in [0.29, 0.717) is 0 Å². The van der Waals surface area contributed by atoms with Crippen LogP contribution in [-0.4, -0.2) is 24.0 Å². The zero-order valence-corrected chi connectivity index (χ0v) is 10.9. The van der Waals surface area contributed by atoms with Crippen LogP contribution in [0.25, 0.3) is 0 Å². The van der Waals surface area contributed by atoms with Gasteiger partial charge in [0.25, 0.3) is 0 Å². The first-order valence-corrected chi connectivity index (χ1v) is 6.57. The summed E-state index contributed by atoms with van der Waals surface area (Å²) in [5.74, 6) is 1.09. The third kappa shape index (κ3) is 4.27. The highest BCUT2D eigenvalue weighted by Gasteiger charge is 2.10. The quantitative estimate of drug-likeness (QED) is 0.852. The summed E-state index contributed by atoms with van der Waals surface area (Å²) in [5, 5.41) is 2.70.